The maximum Gasteiger partial charge on any atom is 0.410 e. The number of carbonyl (C=O) groups is 3. The molecule has 2 heterocycles. The lowest BCUT2D eigenvalue weighted by atomic mass is 9.83. The monoisotopic (exact) mass is 582 g/mol. The molecule has 1 fully saturated rings. The number of nitrogens with one attached hydrogen (secondary N) is 1. The van der Waals surface area contributed by atoms with Gasteiger partial charge in [-0.05, 0) is 70.2 Å². The van der Waals surface area contributed by atoms with Gasteiger partial charge in [-0.1, -0.05) is 31.4 Å². The molecule has 2 atom stereocenters. The number of rotatable bonds is 7. The Hall–Kier alpha value is -3.69. The molecule has 2 aromatic rings. The summed E-state index contributed by atoms with van der Waals surface area (Å²) in [4.78, 5) is 56.4. The van der Waals surface area contributed by atoms with Gasteiger partial charge in [0.25, 0.3) is 5.56 Å². The molecule has 0 saturated heterocycles. The zero-order valence-corrected chi connectivity index (χ0v) is 25.5. The first-order valence-corrected chi connectivity index (χ1v) is 14.8. The molecule has 42 heavy (non-hydrogen) atoms. The highest BCUT2D eigenvalue weighted by Gasteiger charge is 2.39. The van der Waals surface area contributed by atoms with Crippen LogP contribution in [0.2, 0.25) is 0 Å². The van der Waals surface area contributed by atoms with Gasteiger partial charge in [-0.15, -0.1) is 0 Å². The van der Waals surface area contributed by atoms with Crippen LogP contribution < -0.4 is 15.8 Å². The molecule has 1 aromatic carbocycles. The van der Waals surface area contributed by atoms with Crippen LogP contribution in [0, 0.1) is 11.7 Å². The second-order valence-electron chi connectivity index (χ2n) is 12.6. The highest BCUT2D eigenvalue weighted by Crippen LogP contribution is 2.32. The lowest BCUT2D eigenvalue weighted by molar-refractivity contribution is -0.131. The summed E-state index contributed by atoms with van der Waals surface area (Å²) in [5.74, 6) is -1.03. The van der Waals surface area contributed by atoms with E-state index >= 15 is 0 Å². The molecule has 0 radical (unpaired) electrons. The summed E-state index contributed by atoms with van der Waals surface area (Å²) in [6.45, 7) is 7.29. The number of aromatic nitrogens is 1. The van der Waals surface area contributed by atoms with Crippen molar-refractivity contribution in [1.29, 1.82) is 0 Å². The number of ether oxygens (including phenoxy) is 1. The zero-order valence-electron chi connectivity index (χ0n) is 25.5. The topological polar surface area (TPSA) is 101 Å². The summed E-state index contributed by atoms with van der Waals surface area (Å²) < 4.78 is 20.5. The Balaban J connectivity index is 1.60. The van der Waals surface area contributed by atoms with Crippen LogP contribution in [-0.4, -0.2) is 58.7 Å². The number of anilines is 1. The zero-order chi connectivity index (χ0) is 30.8. The molecule has 9 nitrogen and oxygen atoms in total. The molecule has 0 spiro atoms. The summed E-state index contributed by atoms with van der Waals surface area (Å²) in [7, 11) is 3.22. The van der Waals surface area contributed by atoms with E-state index in [9.17, 15) is 23.6 Å². The molecule has 3 amide bonds. The maximum atomic E-state index is 14.2. The van der Waals surface area contributed by atoms with Crippen molar-refractivity contribution in [3.63, 3.8) is 0 Å². The number of pyridine rings is 1. The third-order valence-electron chi connectivity index (χ3n) is 8.35. The van der Waals surface area contributed by atoms with Crippen molar-refractivity contribution in [3.8, 4) is 0 Å². The molecule has 1 aliphatic carbocycles. The summed E-state index contributed by atoms with van der Waals surface area (Å²) in [6, 6.07) is 6.17. The SMILES string of the molecule is C[C@@H](C(=O)N[C@H](C(=O)N1CCc2c1cc(Cc1ccc(F)cc1)c(=O)n2C)C1CCCCC1)N(C)C(=O)OC(C)(C)C. The minimum absolute atomic E-state index is 0.0375. The van der Waals surface area contributed by atoms with Crippen LogP contribution in [0.4, 0.5) is 14.9 Å². The lowest BCUT2D eigenvalue weighted by Gasteiger charge is -2.34. The van der Waals surface area contributed by atoms with E-state index in [1.165, 1.54) is 24.1 Å². The van der Waals surface area contributed by atoms with Crippen LogP contribution in [0.25, 0.3) is 0 Å². The van der Waals surface area contributed by atoms with E-state index in [4.69, 9.17) is 4.74 Å². The van der Waals surface area contributed by atoms with Crippen molar-refractivity contribution >= 4 is 23.6 Å². The average molecular weight is 583 g/mol. The molecule has 2 aliphatic rings. The van der Waals surface area contributed by atoms with Gasteiger partial charge in [-0.3, -0.25) is 19.3 Å². The molecule has 10 heteroatoms. The molecule has 1 aliphatic heterocycles. The standard InChI is InChI=1S/C32H43FN4O5/c1-20(35(5)31(41)42-32(2,3)4)28(38)34-27(22-10-8-7-9-11-22)30(40)37-17-16-25-26(37)19-23(29(39)36(25)6)18-21-12-14-24(33)15-13-21/h12-15,19-20,22,27H,7-11,16-18H2,1-6H3,(H,34,38)/t20-,27-/m0/s1. The lowest BCUT2D eigenvalue weighted by Crippen LogP contribution is -2.57. The molecular weight excluding hydrogens is 539 g/mol. The van der Waals surface area contributed by atoms with Gasteiger partial charge in [0.2, 0.25) is 11.8 Å². The number of nitrogens with zero attached hydrogens (tertiary/aromatic N) is 3. The number of halogens is 1. The number of hydrogen-bond donors (Lipinski definition) is 1. The van der Waals surface area contributed by atoms with Crippen LogP contribution in [0.5, 0.6) is 0 Å². The Morgan fingerprint density at radius 2 is 1.76 bits per heavy atom. The van der Waals surface area contributed by atoms with Crippen LogP contribution >= 0.6 is 0 Å². The van der Waals surface area contributed by atoms with Crippen molar-refractivity contribution in [1.82, 2.24) is 14.8 Å². The van der Waals surface area contributed by atoms with E-state index in [2.05, 4.69) is 5.32 Å². The van der Waals surface area contributed by atoms with Crippen LogP contribution in [0.1, 0.15) is 76.6 Å². The molecule has 0 unspecified atom stereocenters. The van der Waals surface area contributed by atoms with Crippen molar-refractivity contribution in [2.75, 3.05) is 18.5 Å². The largest absolute Gasteiger partial charge is 0.444 e. The van der Waals surface area contributed by atoms with Crippen LogP contribution in [-0.2, 0) is 34.2 Å². The second-order valence-corrected chi connectivity index (χ2v) is 12.6. The van der Waals surface area contributed by atoms with E-state index < -0.39 is 29.7 Å². The van der Waals surface area contributed by atoms with Gasteiger partial charge in [0, 0.05) is 44.7 Å². The van der Waals surface area contributed by atoms with Gasteiger partial charge < -0.3 is 19.5 Å². The summed E-state index contributed by atoms with van der Waals surface area (Å²) in [6.07, 6.45) is 4.88. The minimum Gasteiger partial charge on any atom is -0.444 e. The third kappa shape index (κ3) is 7.02. The van der Waals surface area contributed by atoms with Crippen molar-refractivity contribution in [3.05, 3.63) is 63.3 Å². The average Bonchev–Trinajstić information content (AvgIpc) is 3.37. The third-order valence-corrected chi connectivity index (χ3v) is 8.35. The maximum absolute atomic E-state index is 14.2. The number of carbonyl (C=O) groups excluding carboxylic acids is 3. The molecule has 0 bridgehead atoms. The highest BCUT2D eigenvalue weighted by atomic mass is 19.1. The number of hydrogen-bond acceptors (Lipinski definition) is 5. The molecule has 4 rings (SSSR count). The predicted octanol–water partition coefficient (Wildman–Crippen LogP) is 4.32. The second kappa shape index (κ2) is 12.7. The van der Waals surface area contributed by atoms with E-state index in [1.807, 2.05) is 0 Å². The Morgan fingerprint density at radius 3 is 2.38 bits per heavy atom. The van der Waals surface area contributed by atoms with Crippen LogP contribution in [0.15, 0.2) is 35.1 Å². The van der Waals surface area contributed by atoms with E-state index in [-0.39, 0.29) is 23.2 Å². The van der Waals surface area contributed by atoms with Crippen LogP contribution in [0.3, 0.4) is 0 Å². The summed E-state index contributed by atoms with van der Waals surface area (Å²) in [5.41, 5.74) is 1.87. The van der Waals surface area contributed by atoms with E-state index in [0.717, 1.165) is 43.4 Å². The molecule has 1 aromatic heterocycles. The fourth-order valence-electron chi connectivity index (χ4n) is 5.82. The van der Waals surface area contributed by atoms with Crippen molar-refractivity contribution < 1.29 is 23.5 Å². The van der Waals surface area contributed by atoms with Gasteiger partial charge in [0.05, 0.1) is 5.69 Å². The van der Waals surface area contributed by atoms with Gasteiger partial charge in [0.1, 0.15) is 23.5 Å². The molecule has 1 saturated carbocycles. The Morgan fingerprint density at radius 1 is 1.12 bits per heavy atom. The minimum atomic E-state index is -0.854. The summed E-state index contributed by atoms with van der Waals surface area (Å²) >= 11 is 0. The number of amides is 3. The Bertz CT molecular complexity index is 1380. The first kappa shape index (κ1) is 31.3. The Kier molecular flexibility index (Phi) is 9.43. The molecular formula is C32H43FN4O5. The van der Waals surface area contributed by atoms with E-state index in [1.54, 1.807) is 62.4 Å². The highest BCUT2D eigenvalue weighted by molar-refractivity contribution is 6.01. The smallest absolute Gasteiger partial charge is 0.410 e. The number of fused-ring (bicyclic) bond motifs is 1. The van der Waals surface area contributed by atoms with E-state index in [0.29, 0.717) is 30.6 Å². The first-order valence-electron chi connectivity index (χ1n) is 14.8. The fourth-order valence-corrected chi connectivity index (χ4v) is 5.82. The fraction of sp³-hybridized carbons (Fsp3) is 0.562. The van der Waals surface area contributed by atoms with Gasteiger partial charge >= 0.3 is 6.09 Å². The molecule has 228 valence electrons. The molecule has 1 N–H and O–H groups in total. The predicted molar refractivity (Wildman–Crippen MR) is 159 cm³/mol. The quantitative estimate of drug-likeness (QED) is 0.524. The number of benzene rings is 1. The normalized spacial score (nSPS) is 16.9. The summed E-state index contributed by atoms with van der Waals surface area (Å²) in [5, 5.41) is 2.99. The van der Waals surface area contributed by atoms with Gasteiger partial charge in [0.15, 0.2) is 0 Å². The number of likely N-dealkylation sites (N-methyl/N-ethyl adjacent to an activating group) is 1. The van der Waals surface area contributed by atoms with Gasteiger partial charge in [-0.2, -0.15) is 0 Å². The van der Waals surface area contributed by atoms with Crippen molar-refractivity contribution in [2.45, 2.75) is 90.3 Å². The van der Waals surface area contributed by atoms with Crippen molar-refractivity contribution in [2.24, 2.45) is 13.0 Å². The first-order chi connectivity index (χ1) is 19.8. The Labute approximate surface area is 247 Å². The van der Waals surface area contributed by atoms with Gasteiger partial charge in [-0.25, -0.2) is 9.18 Å².